The van der Waals surface area contributed by atoms with E-state index in [2.05, 4.69) is 28.7 Å². The number of halogens is 1. The van der Waals surface area contributed by atoms with Gasteiger partial charge in [0.05, 0.1) is 4.92 Å². The Balaban J connectivity index is 2.68. The van der Waals surface area contributed by atoms with Gasteiger partial charge in [-0.2, -0.15) is 0 Å². The molecule has 0 aromatic rings. The molecule has 3 nitrogen and oxygen atoms in total. The van der Waals surface area contributed by atoms with Crippen molar-refractivity contribution in [1.82, 2.24) is 0 Å². The molecule has 0 saturated carbocycles. The second kappa shape index (κ2) is 4.27. The number of nitrogens with zero attached hydrogens (tertiary/aromatic N) is 1. The molecule has 0 amide bonds. The summed E-state index contributed by atoms with van der Waals surface area (Å²) >= 11 is 3.98. The number of allylic oxidation sites excluding steroid dienone is 3. The van der Waals surface area contributed by atoms with E-state index in [-0.39, 0.29) is 10.6 Å². The maximum absolute atomic E-state index is 10.3. The molecule has 1 unspecified atom stereocenters. The molecule has 1 rings (SSSR count). The zero-order valence-electron chi connectivity index (χ0n) is 6.49. The summed E-state index contributed by atoms with van der Waals surface area (Å²) in [5.74, 6) is 1.03. The van der Waals surface area contributed by atoms with Gasteiger partial charge in [0.1, 0.15) is 0 Å². The molecule has 1 aliphatic heterocycles. The van der Waals surface area contributed by atoms with Crippen molar-refractivity contribution in [2.24, 2.45) is 0 Å². The Bertz CT molecular complexity index is 262. The molecule has 0 N–H and O–H groups in total. The molecule has 1 heterocycles. The number of rotatable bonds is 2. The molecule has 0 spiro atoms. The Morgan fingerprint density at radius 1 is 2.00 bits per heavy atom. The second-order valence-electron chi connectivity index (χ2n) is 2.44. The molecule has 1 aliphatic rings. The molecular weight excluding hydrogens is 289 g/mol. The van der Waals surface area contributed by atoms with Gasteiger partial charge < -0.3 is 0 Å². The normalized spacial score (nSPS) is 24.0. The molecule has 0 aromatic heterocycles. The predicted octanol–water partition coefficient (Wildman–Crippen LogP) is 2.60. The lowest BCUT2D eigenvalue weighted by atomic mass is 10.3. The number of alkyl halides is 1. The standard InChI is InChI=1S/C7H8INO2S/c1-5(9(10)11)2-7-3-6(8)4-12-7/h2-3,6H,4H2,1H3/b5-2-. The molecule has 1 atom stereocenters. The second-order valence-corrected chi connectivity index (χ2v) is 5.13. The van der Waals surface area contributed by atoms with Gasteiger partial charge in [-0.3, -0.25) is 10.1 Å². The minimum Gasteiger partial charge on any atom is -0.259 e. The van der Waals surface area contributed by atoms with Crippen LogP contribution >= 0.6 is 34.4 Å². The SMILES string of the molecule is C/C(=C/C1=CC(I)CS1)[N+](=O)[O-]. The molecule has 0 aromatic carbocycles. The largest absolute Gasteiger partial charge is 0.259 e. The van der Waals surface area contributed by atoms with Gasteiger partial charge in [0, 0.05) is 27.6 Å². The molecule has 0 bridgehead atoms. The van der Waals surface area contributed by atoms with E-state index in [0.717, 1.165) is 10.7 Å². The van der Waals surface area contributed by atoms with Gasteiger partial charge in [0.2, 0.25) is 5.70 Å². The van der Waals surface area contributed by atoms with Crippen molar-refractivity contribution in [1.29, 1.82) is 0 Å². The van der Waals surface area contributed by atoms with E-state index in [4.69, 9.17) is 0 Å². The maximum Gasteiger partial charge on any atom is 0.244 e. The van der Waals surface area contributed by atoms with Crippen LogP contribution in [0.5, 0.6) is 0 Å². The third-order valence-electron chi connectivity index (χ3n) is 1.39. The van der Waals surface area contributed by atoms with Crippen molar-refractivity contribution in [2.75, 3.05) is 5.75 Å². The summed E-state index contributed by atoms with van der Waals surface area (Å²) in [6.45, 7) is 1.52. The first-order valence-corrected chi connectivity index (χ1v) is 5.64. The lowest BCUT2D eigenvalue weighted by Crippen LogP contribution is -1.92. The van der Waals surface area contributed by atoms with Crippen LogP contribution in [0.4, 0.5) is 0 Å². The summed E-state index contributed by atoms with van der Waals surface area (Å²) in [5.41, 5.74) is 0.208. The molecule has 66 valence electrons. The van der Waals surface area contributed by atoms with Crippen LogP contribution < -0.4 is 0 Å². The number of thioether (sulfide) groups is 1. The van der Waals surface area contributed by atoms with Crippen molar-refractivity contribution in [3.05, 3.63) is 32.9 Å². The Kier molecular flexibility index (Phi) is 3.57. The summed E-state index contributed by atoms with van der Waals surface area (Å²) in [6.07, 6.45) is 3.68. The van der Waals surface area contributed by atoms with Gasteiger partial charge in [0.15, 0.2) is 0 Å². The van der Waals surface area contributed by atoms with Crippen LogP contribution in [0.3, 0.4) is 0 Å². The smallest absolute Gasteiger partial charge is 0.244 e. The van der Waals surface area contributed by atoms with Crippen LogP contribution in [0.2, 0.25) is 0 Å². The molecule has 0 fully saturated rings. The fraction of sp³-hybridized carbons (Fsp3) is 0.429. The van der Waals surface area contributed by atoms with Gasteiger partial charge in [0.25, 0.3) is 0 Å². The van der Waals surface area contributed by atoms with Gasteiger partial charge in [-0.25, -0.2) is 0 Å². The summed E-state index contributed by atoms with van der Waals surface area (Å²) in [4.78, 5) is 10.9. The van der Waals surface area contributed by atoms with E-state index >= 15 is 0 Å². The fourth-order valence-corrected chi connectivity index (χ4v) is 2.93. The van der Waals surface area contributed by atoms with Crippen LogP contribution in [0.1, 0.15) is 6.92 Å². The fourth-order valence-electron chi connectivity index (χ4n) is 0.799. The first-order valence-electron chi connectivity index (χ1n) is 3.41. The number of hydrogen-bond donors (Lipinski definition) is 0. The van der Waals surface area contributed by atoms with Crippen LogP contribution in [0.25, 0.3) is 0 Å². The highest BCUT2D eigenvalue weighted by molar-refractivity contribution is 14.1. The zero-order chi connectivity index (χ0) is 9.14. The third kappa shape index (κ3) is 2.78. The van der Waals surface area contributed by atoms with Crippen LogP contribution in [0, 0.1) is 10.1 Å². The first kappa shape index (κ1) is 10.0. The first-order chi connectivity index (χ1) is 5.59. The van der Waals surface area contributed by atoms with Gasteiger partial charge in [-0.1, -0.05) is 28.7 Å². The van der Waals surface area contributed by atoms with Gasteiger partial charge >= 0.3 is 0 Å². The topological polar surface area (TPSA) is 43.1 Å². The monoisotopic (exact) mass is 297 g/mol. The van der Waals surface area contributed by atoms with E-state index in [1.807, 2.05) is 0 Å². The molecular formula is C7H8INO2S. The number of hydrogen-bond acceptors (Lipinski definition) is 3. The predicted molar refractivity (Wildman–Crippen MR) is 59.1 cm³/mol. The summed E-state index contributed by atoms with van der Waals surface area (Å²) < 4.78 is 0.512. The minimum absolute atomic E-state index is 0.208. The van der Waals surface area contributed by atoms with Crippen molar-refractivity contribution < 1.29 is 4.92 Å². The average molecular weight is 297 g/mol. The highest BCUT2D eigenvalue weighted by atomic mass is 127. The number of nitro groups is 1. The Morgan fingerprint density at radius 2 is 2.67 bits per heavy atom. The summed E-state index contributed by atoms with van der Waals surface area (Å²) in [7, 11) is 0. The van der Waals surface area contributed by atoms with Gasteiger partial charge in [-0.15, -0.1) is 11.8 Å². The van der Waals surface area contributed by atoms with Crippen molar-refractivity contribution in [3.63, 3.8) is 0 Å². The molecule has 0 saturated heterocycles. The third-order valence-corrected chi connectivity index (χ3v) is 3.90. The Labute approximate surface area is 88.6 Å². The molecule has 0 radical (unpaired) electrons. The Hall–Kier alpha value is -0.0400. The Morgan fingerprint density at radius 3 is 3.08 bits per heavy atom. The van der Waals surface area contributed by atoms with Crippen LogP contribution in [-0.4, -0.2) is 14.6 Å². The van der Waals surface area contributed by atoms with Crippen molar-refractivity contribution in [3.8, 4) is 0 Å². The average Bonchev–Trinajstić information content (AvgIpc) is 2.35. The van der Waals surface area contributed by atoms with E-state index in [9.17, 15) is 10.1 Å². The van der Waals surface area contributed by atoms with Gasteiger partial charge in [-0.05, 0) is 0 Å². The minimum atomic E-state index is -0.359. The van der Waals surface area contributed by atoms with E-state index in [1.54, 1.807) is 17.8 Å². The van der Waals surface area contributed by atoms with E-state index < -0.39 is 0 Å². The summed E-state index contributed by atoms with van der Waals surface area (Å²) in [5, 5.41) is 10.3. The van der Waals surface area contributed by atoms with Crippen LogP contribution in [-0.2, 0) is 0 Å². The van der Waals surface area contributed by atoms with Crippen molar-refractivity contribution >= 4 is 34.4 Å². The lowest BCUT2D eigenvalue weighted by Gasteiger charge is -1.90. The lowest BCUT2D eigenvalue weighted by molar-refractivity contribution is -0.424. The molecule has 5 heteroatoms. The highest BCUT2D eigenvalue weighted by Crippen LogP contribution is 2.30. The molecule has 0 aliphatic carbocycles. The quantitative estimate of drug-likeness (QED) is 0.340. The van der Waals surface area contributed by atoms with Crippen molar-refractivity contribution in [2.45, 2.75) is 10.8 Å². The zero-order valence-corrected chi connectivity index (χ0v) is 9.46. The van der Waals surface area contributed by atoms with E-state index in [0.29, 0.717) is 3.92 Å². The van der Waals surface area contributed by atoms with Crippen LogP contribution in [0.15, 0.2) is 22.8 Å². The summed E-state index contributed by atoms with van der Waals surface area (Å²) in [6, 6.07) is 0. The highest BCUT2D eigenvalue weighted by Gasteiger charge is 2.13. The van der Waals surface area contributed by atoms with E-state index in [1.165, 1.54) is 6.92 Å². The maximum atomic E-state index is 10.3. The molecule has 12 heavy (non-hydrogen) atoms.